The monoisotopic (exact) mass is 405 g/mol. The van der Waals surface area contributed by atoms with Gasteiger partial charge in [-0.05, 0) is 36.8 Å². The minimum atomic E-state index is -2.78. The van der Waals surface area contributed by atoms with Crippen molar-refractivity contribution in [2.75, 3.05) is 30.8 Å². The average molecular weight is 406 g/mol. The number of carbonyl (C=O) groups is 2. The van der Waals surface area contributed by atoms with E-state index >= 15 is 0 Å². The van der Waals surface area contributed by atoms with Gasteiger partial charge >= 0.3 is 0 Å². The third kappa shape index (κ3) is 4.58. The molecule has 2 N–H and O–H groups in total. The molecule has 1 aliphatic rings. The first-order valence-corrected chi connectivity index (χ1v) is 8.76. The molecule has 2 amide bonds. The van der Waals surface area contributed by atoms with E-state index in [-0.39, 0.29) is 35.0 Å². The molecule has 0 spiro atoms. The van der Waals surface area contributed by atoms with Crippen LogP contribution in [0.15, 0.2) is 43.1 Å². The maximum atomic E-state index is 12.8. The predicted octanol–water partition coefficient (Wildman–Crippen LogP) is 2.59. The number of anilines is 2. The highest BCUT2D eigenvalue weighted by atomic mass is 35.5. The summed E-state index contributed by atoms with van der Waals surface area (Å²) < 4.78 is 34.1. The molecule has 2 heterocycles. The van der Waals surface area contributed by atoms with E-state index in [0.29, 0.717) is 30.8 Å². The van der Waals surface area contributed by atoms with Crippen molar-refractivity contribution < 1.29 is 19.8 Å². The Bertz CT molecular complexity index is 1030. The zero-order valence-corrected chi connectivity index (χ0v) is 15.5. The van der Waals surface area contributed by atoms with Crippen molar-refractivity contribution in [1.82, 2.24) is 14.9 Å². The first-order valence-electron chi connectivity index (χ1n) is 10.4. The molecule has 1 atom stereocenters. The zero-order valence-electron chi connectivity index (χ0n) is 18.7. The molecule has 28 heavy (non-hydrogen) atoms. The Morgan fingerprint density at radius 3 is 2.96 bits per heavy atom. The third-order valence-electron chi connectivity index (χ3n) is 4.15. The first kappa shape index (κ1) is 14.9. The van der Waals surface area contributed by atoms with Crippen LogP contribution < -0.4 is 15.4 Å². The van der Waals surface area contributed by atoms with Crippen LogP contribution in [0.25, 0.3) is 0 Å². The number of likely N-dealkylation sites (tertiary alicyclic amines) is 1. The van der Waals surface area contributed by atoms with Crippen molar-refractivity contribution in [3.63, 3.8) is 0 Å². The summed E-state index contributed by atoms with van der Waals surface area (Å²) in [6.45, 7) is 4.21. The van der Waals surface area contributed by atoms with Crippen molar-refractivity contribution in [2.24, 2.45) is 0 Å². The molecular weight excluding hydrogens is 382 g/mol. The molecule has 3 rings (SSSR count). The number of nitrogens with zero attached hydrogens (tertiary/aromatic N) is 3. The number of carbonyl (C=O) groups excluding carboxylic acids is 2. The van der Waals surface area contributed by atoms with Crippen LogP contribution in [0.1, 0.15) is 22.3 Å². The van der Waals surface area contributed by atoms with Gasteiger partial charge in [-0.1, -0.05) is 18.2 Å². The lowest BCUT2D eigenvalue weighted by atomic mass is 10.2. The Morgan fingerprint density at radius 2 is 2.25 bits per heavy atom. The van der Waals surface area contributed by atoms with Gasteiger partial charge in [0.05, 0.1) is 18.7 Å². The standard InChI is InChI=1S/C19H20ClN5O3/c1-3-16(26)22-13-6-4-12(5-7-13)18(27)25-9-8-14(11-25)23-19-21-10-15(20)17(24-19)28-2/h3-7,10,14H,1,8-9,11H2,2H3,(H,22,26)(H,21,23,24)/t14-/m1/s1/i2D3,10D. The Labute approximate surface area is 173 Å². The van der Waals surface area contributed by atoms with Crippen molar-refractivity contribution in [3.8, 4) is 5.88 Å². The summed E-state index contributed by atoms with van der Waals surface area (Å²) in [5.74, 6) is -0.949. The Morgan fingerprint density at radius 1 is 1.46 bits per heavy atom. The van der Waals surface area contributed by atoms with E-state index in [1.807, 2.05) is 0 Å². The Hall–Kier alpha value is -3.13. The van der Waals surface area contributed by atoms with Gasteiger partial charge in [-0.2, -0.15) is 4.98 Å². The van der Waals surface area contributed by atoms with Crippen LogP contribution in [0.2, 0.25) is 5.02 Å². The van der Waals surface area contributed by atoms with Crippen LogP contribution in [0.5, 0.6) is 5.88 Å². The Balaban J connectivity index is 1.64. The number of hydrogen-bond acceptors (Lipinski definition) is 6. The summed E-state index contributed by atoms with van der Waals surface area (Å²) in [6, 6.07) is 6.28. The molecule has 0 unspecified atom stereocenters. The van der Waals surface area contributed by atoms with Gasteiger partial charge in [0.25, 0.3) is 5.91 Å². The number of benzene rings is 1. The maximum Gasteiger partial charge on any atom is 0.253 e. The molecular formula is C19H20ClN5O3. The molecule has 0 radical (unpaired) electrons. The van der Waals surface area contributed by atoms with Gasteiger partial charge in [0.1, 0.15) is 5.02 Å². The normalized spacial score (nSPS) is 18.3. The highest BCUT2D eigenvalue weighted by Crippen LogP contribution is 2.23. The van der Waals surface area contributed by atoms with Crippen LogP contribution in [0.3, 0.4) is 0 Å². The number of ether oxygens (including phenoxy) is 1. The van der Waals surface area contributed by atoms with E-state index in [9.17, 15) is 9.59 Å². The van der Waals surface area contributed by atoms with Crippen molar-refractivity contribution in [2.45, 2.75) is 12.5 Å². The summed E-state index contributed by atoms with van der Waals surface area (Å²) in [7, 11) is -2.78. The van der Waals surface area contributed by atoms with Gasteiger partial charge in [0.15, 0.2) is 0 Å². The fourth-order valence-corrected chi connectivity index (χ4v) is 2.89. The van der Waals surface area contributed by atoms with Crippen molar-refractivity contribution in [1.29, 1.82) is 0 Å². The van der Waals surface area contributed by atoms with E-state index in [2.05, 4.69) is 27.2 Å². The molecule has 1 aliphatic heterocycles. The van der Waals surface area contributed by atoms with Crippen molar-refractivity contribution >= 4 is 35.1 Å². The second-order valence-electron chi connectivity index (χ2n) is 6.03. The molecule has 1 saturated heterocycles. The summed E-state index contributed by atoms with van der Waals surface area (Å²) in [5.41, 5.74) is 1.01. The topological polar surface area (TPSA) is 96.5 Å². The second kappa shape index (κ2) is 8.71. The molecule has 1 aromatic carbocycles. The largest absolute Gasteiger partial charge is 0.480 e. The van der Waals surface area contributed by atoms with Gasteiger partial charge < -0.3 is 20.3 Å². The fourth-order valence-electron chi connectivity index (χ4n) is 2.77. The number of nitrogens with one attached hydrogen (secondary N) is 2. The smallest absolute Gasteiger partial charge is 0.253 e. The predicted molar refractivity (Wildman–Crippen MR) is 107 cm³/mol. The summed E-state index contributed by atoms with van der Waals surface area (Å²) in [4.78, 5) is 33.6. The van der Waals surface area contributed by atoms with Gasteiger partial charge in [0.2, 0.25) is 17.7 Å². The van der Waals surface area contributed by atoms with E-state index in [0.717, 1.165) is 6.08 Å². The highest BCUT2D eigenvalue weighted by molar-refractivity contribution is 6.31. The van der Waals surface area contributed by atoms with Crippen LogP contribution >= 0.6 is 11.6 Å². The molecule has 0 bridgehead atoms. The first-order chi connectivity index (χ1) is 15.1. The molecule has 8 nitrogen and oxygen atoms in total. The van der Waals surface area contributed by atoms with Crippen LogP contribution in [-0.2, 0) is 4.79 Å². The van der Waals surface area contributed by atoms with E-state index < -0.39 is 12.9 Å². The average Bonchev–Trinajstić information content (AvgIpc) is 3.19. The Kier molecular flexibility index (Phi) is 4.62. The van der Waals surface area contributed by atoms with Crippen LogP contribution in [0.4, 0.5) is 11.6 Å². The lowest BCUT2D eigenvalue weighted by Crippen LogP contribution is -2.31. The van der Waals surface area contributed by atoms with Gasteiger partial charge in [-0.3, -0.25) is 9.59 Å². The molecule has 146 valence electrons. The van der Waals surface area contributed by atoms with Crippen LogP contribution in [-0.4, -0.2) is 52.9 Å². The number of methoxy groups -OCH3 is 1. The zero-order chi connectivity index (χ0) is 23.5. The quantitative estimate of drug-likeness (QED) is 0.717. The van der Waals surface area contributed by atoms with E-state index in [1.165, 1.54) is 0 Å². The van der Waals surface area contributed by atoms with E-state index in [1.54, 1.807) is 29.2 Å². The summed E-state index contributed by atoms with van der Waals surface area (Å²) in [6.07, 6.45) is 1.37. The summed E-state index contributed by atoms with van der Waals surface area (Å²) in [5, 5.41) is 5.30. The number of rotatable bonds is 6. The lowest BCUT2D eigenvalue weighted by molar-refractivity contribution is -0.111. The molecule has 2 aromatic rings. The van der Waals surface area contributed by atoms with Gasteiger partial charge in [-0.15, -0.1) is 0 Å². The highest BCUT2D eigenvalue weighted by Gasteiger charge is 2.27. The minimum Gasteiger partial charge on any atom is -0.480 e. The van der Waals surface area contributed by atoms with Crippen LogP contribution in [0, 0.1) is 0 Å². The number of aromatic nitrogens is 2. The molecule has 1 fully saturated rings. The van der Waals surface area contributed by atoms with Crippen molar-refractivity contribution in [3.05, 3.63) is 53.7 Å². The second-order valence-corrected chi connectivity index (χ2v) is 6.41. The maximum absolute atomic E-state index is 12.8. The molecule has 9 heteroatoms. The molecule has 1 aromatic heterocycles. The fraction of sp³-hybridized carbons (Fsp3) is 0.263. The summed E-state index contributed by atoms with van der Waals surface area (Å²) >= 11 is 5.87. The van der Waals surface area contributed by atoms with E-state index in [4.69, 9.17) is 21.8 Å². The SMILES string of the molecule is [2H]c1nc(N[C@@H]2CCN(C(=O)c3ccc(NC(=O)C=C)cc3)C2)nc(OC([2H])([2H])[2H])c1Cl. The molecule has 0 saturated carbocycles. The number of halogens is 1. The van der Waals surface area contributed by atoms with Gasteiger partial charge in [0, 0.05) is 30.4 Å². The van der Waals surface area contributed by atoms with Gasteiger partial charge in [-0.25, -0.2) is 4.98 Å². The minimum absolute atomic E-state index is 0.0136. The number of amides is 2. The number of hydrogen-bond donors (Lipinski definition) is 2. The molecule has 0 aliphatic carbocycles. The lowest BCUT2D eigenvalue weighted by Gasteiger charge is -2.17. The third-order valence-corrected chi connectivity index (χ3v) is 4.39.